The Hall–Kier alpha value is -1.62. The number of rotatable bonds is 1. The Morgan fingerprint density at radius 2 is 2.31 bits per heavy atom. The summed E-state index contributed by atoms with van der Waals surface area (Å²) in [5.41, 5.74) is 11.4. The number of aromatic amines is 1. The van der Waals surface area contributed by atoms with Crippen molar-refractivity contribution in [2.45, 2.75) is 32.9 Å². The molecule has 2 aromatic heterocycles. The van der Waals surface area contributed by atoms with Gasteiger partial charge in [0.15, 0.2) is 0 Å². The van der Waals surface area contributed by atoms with Crippen LogP contribution in [0.3, 0.4) is 0 Å². The van der Waals surface area contributed by atoms with Crippen LogP contribution in [-0.2, 0) is 13.0 Å². The maximum absolute atomic E-state index is 5.96. The normalized spacial score (nSPS) is 19.1. The lowest BCUT2D eigenvalue weighted by atomic mass is 10.1. The molecule has 3 N–H and O–H groups in total. The number of imidazole rings is 1. The Labute approximate surface area is 93.7 Å². The zero-order valence-corrected chi connectivity index (χ0v) is 9.49. The first kappa shape index (κ1) is 9.59. The van der Waals surface area contributed by atoms with Gasteiger partial charge in [-0.15, -0.1) is 0 Å². The summed E-state index contributed by atoms with van der Waals surface area (Å²) in [5, 5.41) is 7.21. The van der Waals surface area contributed by atoms with Crippen molar-refractivity contribution in [3.05, 3.63) is 23.4 Å². The number of fused-ring (bicyclic) bond motifs is 1. The number of aromatic nitrogens is 4. The van der Waals surface area contributed by atoms with E-state index in [4.69, 9.17) is 5.73 Å². The Morgan fingerprint density at radius 3 is 3.00 bits per heavy atom. The molecule has 1 unspecified atom stereocenters. The Kier molecular flexibility index (Phi) is 1.91. The number of hydrogen-bond donors (Lipinski definition) is 2. The molecule has 5 nitrogen and oxygen atoms in total. The molecule has 0 aromatic carbocycles. The van der Waals surface area contributed by atoms with E-state index < -0.39 is 0 Å². The first-order valence-electron chi connectivity index (χ1n) is 5.48. The molecular formula is C11H15N5. The van der Waals surface area contributed by atoms with Crippen LogP contribution < -0.4 is 5.73 Å². The van der Waals surface area contributed by atoms with Crippen molar-refractivity contribution >= 4 is 0 Å². The van der Waals surface area contributed by atoms with E-state index in [0.717, 1.165) is 35.6 Å². The monoisotopic (exact) mass is 217 g/mol. The first-order chi connectivity index (χ1) is 7.66. The van der Waals surface area contributed by atoms with E-state index in [1.54, 1.807) is 0 Å². The molecule has 0 aliphatic carbocycles. The van der Waals surface area contributed by atoms with Gasteiger partial charge in [0.05, 0.1) is 17.7 Å². The van der Waals surface area contributed by atoms with Gasteiger partial charge in [-0.1, -0.05) is 0 Å². The molecule has 0 saturated carbocycles. The molecule has 0 amide bonds. The number of nitrogens with zero attached hydrogens (tertiary/aromatic N) is 3. The van der Waals surface area contributed by atoms with Gasteiger partial charge in [-0.3, -0.25) is 5.10 Å². The van der Waals surface area contributed by atoms with Gasteiger partial charge < -0.3 is 10.3 Å². The van der Waals surface area contributed by atoms with Gasteiger partial charge in [-0.05, 0) is 13.8 Å². The zero-order chi connectivity index (χ0) is 11.3. The third-order valence-electron chi connectivity index (χ3n) is 3.20. The summed E-state index contributed by atoms with van der Waals surface area (Å²) in [4.78, 5) is 4.48. The van der Waals surface area contributed by atoms with Crippen LogP contribution in [0.4, 0.5) is 0 Å². The molecule has 1 atom stereocenters. The molecule has 0 saturated heterocycles. The van der Waals surface area contributed by atoms with Gasteiger partial charge in [0.2, 0.25) is 0 Å². The molecule has 0 bridgehead atoms. The molecule has 16 heavy (non-hydrogen) atoms. The van der Waals surface area contributed by atoms with Crippen LogP contribution in [0.25, 0.3) is 11.3 Å². The number of aryl methyl sites for hydroxylation is 2. The molecule has 5 heteroatoms. The highest BCUT2D eigenvalue weighted by atomic mass is 15.1. The highest BCUT2D eigenvalue weighted by Crippen LogP contribution is 2.30. The fourth-order valence-corrected chi connectivity index (χ4v) is 2.45. The molecule has 2 aromatic rings. The highest BCUT2D eigenvalue weighted by Gasteiger charge is 2.25. The van der Waals surface area contributed by atoms with Gasteiger partial charge >= 0.3 is 0 Å². The van der Waals surface area contributed by atoms with Gasteiger partial charge in [0, 0.05) is 36.0 Å². The maximum Gasteiger partial charge on any atom is 0.0956 e. The second kappa shape index (κ2) is 3.18. The van der Waals surface area contributed by atoms with Crippen molar-refractivity contribution in [2.75, 3.05) is 0 Å². The van der Waals surface area contributed by atoms with Crippen LogP contribution in [0.15, 0.2) is 6.33 Å². The van der Waals surface area contributed by atoms with Gasteiger partial charge in [-0.2, -0.15) is 5.10 Å². The SMILES string of the molecule is Cc1n[nH]c(C)c1-c1ncn2c1CC(N)C2. The highest BCUT2D eigenvalue weighted by molar-refractivity contribution is 5.67. The van der Waals surface area contributed by atoms with E-state index in [0.29, 0.717) is 0 Å². The summed E-state index contributed by atoms with van der Waals surface area (Å²) in [6.45, 7) is 4.90. The molecule has 0 fully saturated rings. The number of hydrogen-bond acceptors (Lipinski definition) is 3. The lowest BCUT2D eigenvalue weighted by Gasteiger charge is -2.01. The van der Waals surface area contributed by atoms with Gasteiger partial charge in [0.1, 0.15) is 0 Å². The Morgan fingerprint density at radius 1 is 1.50 bits per heavy atom. The van der Waals surface area contributed by atoms with Gasteiger partial charge in [0.25, 0.3) is 0 Å². The van der Waals surface area contributed by atoms with Crippen molar-refractivity contribution in [1.29, 1.82) is 0 Å². The van der Waals surface area contributed by atoms with E-state index >= 15 is 0 Å². The second-order valence-electron chi connectivity index (χ2n) is 4.47. The standard InChI is InChI=1S/C11H15N5/c1-6-10(7(2)15-14-6)11-9-3-8(12)4-16(9)5-13-11/h5,8H,3-4,12H2,1-2H3,(H,14,15). The van der Waals surface area contributed by atoms with Crippen LogP contribution in [0.2, 0.25) is 0 Å². The van der Waals surface area contributed by atoms with Crippen molar-refractivity contribution in [3.63, 3.8) is 0 Å². The summed E-state index contributed by atoms with van der Waals surface area (Å²) in [6.07, 6.45) is 2.78. The topological polar surface area (TPSA) is 72.5 Å². The fraction of sp³-hybridized carbons (Fsp3) is 0.455. The lowest BCUT2D eigenvalue weighted by molar-refractivity contribution is 0.636. The number of H-pyrrole nitrogens is 1. The zero-order valence-electron chi connectivity index (χ0n) is 9.49. The Bertz CT molecular complexity index is 517. The molecule has 84 valence electrons. The average Bonchev–Trinajstić information content (AvgIpc) is 2.83. The van der Waals surface area contributed by atoms with E-state index in [1.807, 2.05) is 20.2 Å². The second-order valence-corrected chi connectivity index (χ2v) is 4.47. The lowest BCUT2D eigenvalue weighted by Crippen LogP contribution is -2.20. The van der Waals surface area contributed by atoms with Crippen LogP contribution in [0.1, 0.15) is 17.1 Å². The molecule has 3 rings (SSSR count). The number of nitrogens with one attached hydrogen (secondary N) is 1. The summed E-state index contributed by atoms with van der Waals surface area (Å²) >= 11 is 0. The van der Waals surface area contributed by atoms with Crippen molar-refractivity contribution < 1.29 is 0 Å². The van der Waals surface area contributed by atoms with Crippen LogP contribution in [0, 0.1) is 13.8 Å². The van der Waals surface area contributed by atoms with E-state index in [1.165, 1.54) is 5.69 Å². The molecular weight excluding hydrogens is 202 g/mol. The third kappa shape index (κ3) is 1.21. The summed E-state index contributed by atoms with van der Waals surface area (Å²) in [5.74, 6) is 0. The molecule has 3 heterocycles. The minimum Gasteiger partial charge on any atom is -0.332 e. The van der Waals surface area contributed by atoms with E-state index in [-0.39, 0.29) is 6.04 Å². The summed E-state index contributed by atoms with van der Waals surface area (Å²) < 4.78 is 2.14. The Balaban J connectivity index is 2.16. The van der Waals surface area contributed by atoms with Gasteiger partial charge in [-0.25, -0.2) is 4.98 Å². The maximum atomic E-state index is 5.96. The van der Waals surface area contributed by atoms with E-state index in [2.05, 4.69) is 19.7 Å². The predicted octanol–water partition coefficient (Wildman–Crippen LogP) is 0.773. The van der Waals surface area contributed by atoms with Crippen molar-refractivity contribution in [1.82, 2.24) is 19.7 Å². The molecule has 1 aliphatic heterocycles. The van der Waals surface area contributed by atoms with Crippen LogP contribution in [-0.4, -0.2) is 25.8 Å². The van der Waals surface area contributed by atoms with E-state index in [9.17, 15) is 0 Å². The summed E-state index contributed by atoms with van der Waals surface area (Å²) in [6, 6.07) is 0.226. The van der Waals surface area contributed by atoms with Crippen molar-refractivity contribution in [2.24, 2.45) is 5.73 Å². The quantitative estimate of drug-likeness (QED) is 0.741. The molecule has 0 radical (unpaired) electrons. The minimum absolute atomic E-state index is 0.226. The van der Waals surface area contributed by atoms with Crippen molar-refractivity contribution in [3.8, 4) is 11.3 Å². The average molecular weight is 217 g/mol. The third-order valence-corrected chi connectivity index (χ3v) is 3.20. The fourth-order valence-electron chi connectivity index (χ4n) is 2.45. The largest absolute Gasteiger partial charge is 0.332 e. The van der Waals surface area contributed by atoms with Crippen LogP contribution >= 0.6 is 0 Å². The number of nitrogens with two attached hydrogens (primary N) is 1. The first-order valence-corrected chi connectivity index (χ1v) is 5.48. The minimum atomic E-state index is 0.226. The van der Waals surface area contributed by atoms with Crippen LogP contribution in [0.5, 0.6) is 0 Å². The smallest absolute Gasteiger partial charge is 0.0956 e. The predicted molar refractivity (Wildman–Crippen MR) is 61.0 cm³/mol. The molecule has 1 aliphatic rings. The summed E-state index contributed by atoms with van der Waals surface area (Å²) in [7, 11) is 0. The molecule has 0 spiro atoms.